The van der Waals surface area contributed by atoms with E-state index in [-0.39, 0.29) is 18.6 Å². The first kappa shape index (κ1) is 22.8. The highest BCUT2D eigenvalue weighted by Gasteiger charge is 2.21. The number of ether oxygens (including phenoxy) is 2. The molecule has 3 aromatic rings. The summed E-state index contributed by atoms with van der Waals surface area (Å²) in [6.07, 6.45) is 2.54. The lowest BCUT2D eigenvalue weighted by molar-refractivity contribution is -0.118. The second-order valence-corrected chi connectivity index (χ2v) is 8.40. The normalized spacial score (nSPS) is 15.9. The van der Waals surface area contributed by atoms with Crippen molar-refractivity contribution in [2.75, 3.05) is 32.1 Å². The quantitative estimate of drug-likeness (QED) is 0.549. The second-order valence-electron chi connectivity index (χ2n) is 8.40. The number of likely N-dealkylation sites (tertiary alicyclic amines) is 1. The van der Waals surface area contributed by atoms with E-state index in [2.05, 4.69) is 52.5 Å². The fraction of sp³-hybridized carbons (Fsp3) is 0.308. The molecule has 1 aromatic heterocycles. The summed E-state index contributed by atoms with van der Waals surface area (Å²) in [5.74, 6) is 0.943. The molecule has 7 nitrogen and oxygen atoms in total. The van der Waals surface area contributed by atoms with Crippen LogP contribution in [0.1, 0.15) is 17.5 Å². The Morgan fingerprint density at radius 3 is 2.73 bits per heavy atom. The largest absolute Gasteiger partial charge is 0.483 e. The summed E-state index contributed by atoms with van der Waals surface area (Å²) < 4.78 is 11.0. The Bertz CT molecular complexity index is 1100. The summed E-state index contributed by atoms with van der Waals surface area (Å²) in [6, 6.07) is 18.2. The number of carbonyl (C=O) groups excluding carboxylic acids is 1. The molecule has 1 atom stereocenters. The molecule has 33 heavy (non-hydrogen) atoms. The minimum absolute atomic E-state index is 0.0949. The molecule has 172 valence electrons. The van der Waals surface area contributed by atoms with Crippen molar-refractivity contribution in [3.8, 4) is 22.8 Å². The molecule has 0 saturated carbocycles. The van der Waals surface area contributed by atoms with E-state index in [0.717, 1.165) is 42.7 Å². The minimum Gasteiger partial charge on any atom is -0.483 e. The fourth-order valence-electron chi connectivity index (χ4n) is 4.01. The molecule has 0 spiro atoms. The maximum atomic E-state index is 12.4. The summed E-state index contributed by atoms with van der Waals surface area (Å²) in [4.78, 5) is 18.9. The number of hydrogen-bond acceptors (Lipinski definition) is 6. The maximum Gasteiger partial charge on any atom is 0.262 e. The van der Waals surface area contributed by atoms with Crippen molar-refractivity contribution in [3.05, 3.63) is 71.9 Å². The first-order valence-corrected chi connectivity index (χ1v) is 11.1. The van der Waals surface area contributed by atoms with Crippen molar-refractivity contribution in [1.82, 2.24) is 9.88 Å². The maximum absolute atomic E-state index is 12.4. The highest BCUT2D eigenvalue weighted by Crippen LogP contribution is 2.29. The predicted molar refractivity (Wildman–Crippen MR) is 129 cm³/mol. The van der Waals surface area contributed by atoms with Crippen LogP contribution in [0.15, 0.2) is 60.8 Å². The van der Waals surface area contributed by atoms with Crippen LogP contribution in [0.5, 0.6) is 11.6 Å². The molecule has 7 heteroatoms. The number of aryl methyl sites for hydroxylation is 1. The summed E-state index contributed by atoms with van der Waals surface area (Å²) in [5.41, 5.74) is 11.2. The number of anilines is 1. The summed E-state index contributed by atoms with van der Waals surface area (Å²) in [5, 5.41) is 2.80. The van der Waals surface area contributed by atoms with Crippen molar-refractivity contribution in [2.45, 2.75) is 25.9 Å². The summed E-state index contributed by atoms with van der Waals surface area (Å²) in [7, 11) is 1.55. The SMILES string of the molecule is COc1ccc(NC(=O)COc2ccc(-c3cccc(C)c3)cc2CN2CC[C@H](N)C2)cn1. The van der Waals surface area contributed by atoms with Crippen LogP contribution >= 0.6 is 0 Å². The predicted octanol–water partition coefficient (Wildman–Crippen LogP) is 3.62. The Morgan fingerprint density at radius 1 is 1.18 bits per heavy atom. The van der Waals surface area contributed by atoms with Crippen LogP contribution in [0.4, 0.5) is 5.69 Å². The van der Waals surface area contributed by atoms with Gasteiger partial charge in [0.15, 0.2) is 6.61 Å². The third kappa shape index (κ3) is 6.09. The molecular formula is C26H30N4O3. The zero-order valence-electron chi connectivity index (χ0n) is 19.1. The van der Waals surface area contributed by atoms with Crippen LogP contribution < -0.4 is 20.5 Å². The Hall–Kier alpha value is -3.42. The number of nitrogens with two attached hydrogens (primary N) is 1. The minimum atomic E-state index is -0.251. The van der Waals surface area contributed by atoms with E-state index in [1.165, 1.54) is 5.56 Å². The Balaban J connectivity index is 1.48. The van der Waals surface area contributed by atoms with E-state index in [9.17, 15) is 4.79 Å². The highest BCUT2D eigenvalue weighted by molar-refractivity contribution is 5.91. The number of nitrogens with one attached hydrogen (secondary N) is 1. The van der Waals surface area contributed by atoms with Gasteiger partial charge in [0.05, 0.1) is 19.0 Å². The van der Waals surface area contributed by atoms with Gasteiger partial charge in [0, 0.05) is 37.3 Å². The van der Waals surface area contributed by atoms with Gasteiger partial charge in [0.25, 0.3) is 5.91 Å². The fourth-order valence-corrected chi connectivity index (χ4v) is 4.01. The van der Waals surface area contributed by atoms with E-state index in [4.69, 9.17) is 15.2 Å². The van der Waals surface area contributed by atoms with Crippen LogP contribution in [0.2, 0.25) is 0 Å². The zero-order chi connectivity index (χ0) is 23.2. The number of benzene rings is 2. The third-order valence-corrected chi connectivity index (χ3v) is 5.70. The van der Waals surface area contributed by atoms with Gasteiger partial charge in [-0.3, -0.25) is 9.69 Å². The van der Waals surface area contributed by atoms with Gasteiger partial charge in [-0.1, -0.05) is 35.9 Å². The van der Waals surface area contributed by atoms with Gasteiger partial charge < -0.3 is 20.5 Å². The standard InChI is InChI=1S/C26H30N4O3/c1-18-4-3-5-19(12-18)20-6-8-24(21(13-20)15-30-11-10-22(27)16-30)33-17-25(31)29-23-7-9-26(32-2)28-14-23/h3-9,12-14,22H,10-11,15-17,27H2,1-2H3,(H,29,31)/t22-/m0/s1. The summed E-state index contributed by atoms with van der Waals surface area (Å²) in [6.45, 7) is 4.54. The summed E-state index contributed by atoms with van der Waals surface area (Å²) >= 11 is 0. The number of rotatable bonds is 8. The first-order valence-electron chi connectivity index (χ1n) is 11.1. The lowest BCUT2D eigenvalue weighted by Crippen LogP contribution is -2.26. The van der Waals surface area contributed by atoms with Crippen molar-refractivity contribution in [3.63, 3.8) is 0 Å². The van der Waals surface area contributed by atoms with E-state index in [1.807, 2.05) is 12.1 Å². The molecule has 1 saturated heterocycles. The van der Waals surface area contributed by atoms with E-state index >= 15 is 0 Å². The van der Waals surface area contributed by atoms with Crippen molar-refractivity contribution in [1.29, 1.82) is 0 Å². The molecule has 0 bridgehead atoms. The van der Waals surface area contributed by atoms with Gasteiger partial charge in [0.2, 0.25) is 5.88 Å². The average Bonchev–Trinajstić information content (AvgIpc) is 3.23. The van der Waals surface area contributed by atoms with E-state index in [1.54, 1.807) is 25.4 Å². The number of nitrogens with zero attached hydrogens (tertiary/aromatic N) is 2. The highest BCUT2D eigenvalue weighted by atomic mass is 16.5. The molecular weight excluding hydrogens is 416 g/mol. The molecule has 2 aromatic carbocycles. The van der Waals surface area contributed by atoms with Gasteiger partial charge in [-0.25, -0.2) is 4.98 Å². The van der Waals surface area contributed by atoms with Gasteiger partial charge in [-0.2, -0.15) is 0 Å². The van der Waals surface area contributed by atoms with Crippen LogP contribution in [0, 0.1) is 6.92 Å². The molecule has 1 aliphatic rings. The number of methoxy groups -OCH3 is 1. The number of carbonyl (C=O) groups is 1. The number of aromatic nitrogens is 1. The van der Waals surface area contributed by atoms with Crippen LogP contribution in [-0.4, -0.2) is 48.6 Å². The van der Waals surface area contributed by atoms with Gasteiger partial charge in [-0.05, 0) is 42.7 Å². The van der Waals surface area contributed by atoms with Gasteiger partial charge in [-0.15, -0.1) is 0 Å². The molecule has 0 aliphatic carbocycles. The van der Waals surface area contributed by atoms with Crippen molar-refractivity contribution < 1.29 is 14.3 Å². The second kappa shape index (κ2) is 10.5. The topological polar surface area (TPSA) is 89.7 Å². The number of pyridine rings is 1. The molecule has 2 heterocycles. The molecule has 3 N–H and O–H groups in total. The molecule has 1 fully saturated rings. The van der Waals surface area contributed by atoms with Crippen LogP contribution in [0.3, 0.4) is 0 Å². The van der Waals surface area contributed by atoms with Gasteiger partial charge >= 0.3 is 0 Å². The number of hydrogen-bond donors (Lipinski definition) is 2. The first-order chi connectivity index (χ1) is 16.0. The molecule has 1 aliphatic heterocycles. The molecule has 0 unspecified atom stereocenters. The Labute approximate surface area is 194 Å². The van der Waals surface area contributed by atoms with Crippen molar-refractivity contribution in [2.24, 2.45) is 5.73 Å². The Kier molecular flexibility index (Phi) is 7.22. The van der Waals surface area contributed by atoms with Crippen LogP contribution in [0.25, 0.3) is 11.1 Å². The van der Waals surface area contributed by atoms with E-state index in [0.29, 0.717) is 17.3 Å². The Morgan fingerprint density at radius 2 is 2.03 bits per heavy atom. The third-order valence-electron chi connectivity index (χ3n) is 5.70. The van der Waals surface area contributed by atoms with Crippen LogP contribution in [-0.2, 0) is 11.3 Å². The molecule has 1 amide bonds. The van der Waals surface area contributed by atoms with Crippen molar-refractivity contribution >= 4 is 11.6 Å². The average molecular weight is 447 g/mol. The number of amides is 1. The lowest BCUT2D eigenvalue weighted by atomic mass is 10.0. The lowest BCUT2D eigenvalue weighted by Gasteiger charge is -2.19. The monoisotopic (exact) mass is 446 g/mol. The van der Waals surface area contributed by atoms with Gasteiger partial charge in [0.1, 0.15) is 5.75 Å². The van der Waals surface area contributed by atoms with E-state index < -0.39 is 0 Å². The molecule has 0 radical (unpaired) electrons. The zero-order valence-corrected chi connectivity index (χ0v) is 19.1. The molecule has 4 rings (SSSR count). The smallest absolute Gasteiger partial charge is 0.262 e.